The second-order valence-corrected chi connectivity index (χ2v) is 5.92. The van der Waals surface area contributed by atoms with Gasteiger partial charge >= 0.3 is 6.18 Å². The van der Waals surface area contributed by atoms with Gasteiger partial charge in [0.25, 0.3) is 5.91 Å². The van der Waals surface area contributed by atoms with Crippen molar-refractivity contribution >= 4 is 5.91 Å². The molecule has 0 aliphatic heterocycles. The van der Waals surface area contributed by atoms with Gasteiger partial charge in [-0.1, -0.05) is 6.07 Å². The van der Waals surface area contributed by atoms with Crippen LogP contribution in [0.25, 0.3) is 0 Å². The molecule has 8 heteroatoms. The molecule has 1 saturated carbocycles. The summed E-state index contributed by atoms with van der Waals surface area (Å²) in [6.45, 7) is 1.70. The summed E-state index contributed by atoms with van der Waals surface area (Å²) in [5, 5.41) is 6.98. The molecule has 5 nitrogen and oxygen atoms in total. The SMILES string of the molecule is C[C@@H](NC(=O)c1ccnn1C1CCC1)c1ccc(C(F)(F)F)nc1. The lowest BCUT2D eigenvalue weighted by Crippen LogP contribution is -2.31. The maximum absolute atomic E-state index is 12.5. The van der Waals surface area contributed by atoms with Gasteiger partial charge in [-0.05, 0) is 43.9 Å². The summed E-state index contributed by atoms with van der Waals surface area (Å²) in [5.74, 6) is -0.299. The van der Waals surface area contributed by atoms with Gasteiger partial charge in [-0.2, -0.15) is 18.3 Å². The molecule has 0 aromatic carbocycles. The molecule has 0 spiro atoms. The van der Waals surface area contributed by atoms with Crippen molar-refractivity contribution in [1.82, 2.24) is 20.1 Å². The van der Waals surface area contributed by atoms with E-state index >= 15 is 0 Å². The van der Waals surface area contributed by atoms with Gasteiger partial charge in [0.15, 0.2) is 0 Å². The zero-order valence-electron chi connectivity index (χ0n) is 13.0. The molecule has 1 N–H and O–H groups in total. The van der Waals surface area contributed by atoms with E-state index in [4.69, 9.17) is 0 Å². The topological polar surface area (TPSA) is 59.8 Å². The molecule has 128 valence electrons. The van der Waals surface area contributed by atoms with E-state index in [-0.39, 0.29) is 11.9 Å². The van der Waals surface area contributed by atoms with E-state index < -0.39 is 17.9 Å². The van der Waals surface area contributed by atoms with E-state index in [0.29, 0.717) is 11.3 Å². The molecule has 1 amide bonds. The number of alkyl halides is 3. The van der Waals surface area contributed by atoms with Crippen LogP contribution in [-0.4, -0.2) is 20.7 Å². The minimum Gasteiger partial charge on any atom is -0.344 e. The number of nitrogens with zero attached hydrogens (tertiary/aromatic N) is 3. The summed E-state index contributed by atoms with van der Waals surface area (Å²) >= 11 is 0. The molecule has 0 saturated heterocycles. The molecular formula is C16H17F3N4O. The smallest absolute Gasteiger partial charge is 0.344 e. The highest BCUT2D eigenvalue weighted by molar-refractivity contribution is 5.92. The quantitative estimate of drug-likeness (QED) is 0.928. The first-order valence-electron chi connectivity index (χ1n) is 7.74. The maximum Gasteiger partial charge on any atom is 0.433 e. The van der Waals surface area contributed by atoms with Crippen molar-refractivity contribution in [2.45, 2.75) is 44.4 Å². The molecule has 1 atom stereocenters. The predicted molar refractivity (Wildman–Crippen MR) is 80.2 cm³/mol. The van der Waals surface area contributed by atoms with Crippen molar-refractivity contribution < 1.29 is 18.0 Å². The third kappa shape index (κ3) is 3.27. The Balaban J connectivity index is 1.69. The number of pyridine rings is 1. The van der Waals surface area contributed by atoms with Gasteiger partial charge in [-0.25, -0.2) is 0 Å². The lowest BCUT2D eigenvalue weighted by Gasteiger charge is -2.27. The fraction of sp³-hybridized carbons (Fsp3) is 0.438. The van der Waals surface area contributed by atoms with E-state index in [9.17, 15) is 18.0 Å². The van der Waals surface area contributed by atoms with Crippen molar-refractivity contribution in [3.63, 3.8) is 0 Å². The monoisotopic (exact) mass is 338 g/mol. The summed E-state index contributed by atoms with van der Waals surface area (Å²) in [5.41, 5.74) is 0.0188. The molecule has 0 radical (unpaired) electrons. The van der Waals surface area contributed by atoms with Crippen LogP contribution in [0.1, 0.15) is 60.0 Å². The summed E-state index contributed by atoms with van der Waals surface area (Å²) in [6, 6.07) is 3.67. The van der Waals surface area contributed by atoms with Crippen LogP contribution in [0.3, 0.4) is 0 Å². The second kappa shape index (κ2) is 6.26. The number of amides is 1. The lowest BCUT2D eigenvalue weighted by atomic mass is 9.93. The molecule has 0 bridgehead atoms. The largest absolute Gasteiger partial charge is 0.433 e. The zero-order valence-corrected chi connectivity index (χ0v) is 13.0. The second-order valence-electron chi connectivity index (χ2n) is 5.92. The zero-order chi connectivity index (χ0) is 17.3. The van der Waals surface area contributed by atoms with E-state index in [2.05, 4.69) is 15.4 Å². The predicted octanol–water partition coefficient (Wildman–Crippen LogP) is 3.51. The maximum atomic E-state index is 12.5. The van der Waals surface area contributed by atoms with Crippen molar-refractivity contribution in [1.29, 1.82) is 0 Å². The summed E-state index contributed by atoms with van der Waals surface area (Å²) in [4.78, 5) is 15.8. The minimum atomic E-state index is -4.47. The average Bonchev–Trinajstić information content (AvgIpc) is 2.93. The van der Waals surface area contributed by atoms with Crippen LogP contribution in [0.2, 0.25) is 0 Å². The van der Waals surface area contributed by atoms with Gasteiger partial charge in [0, 0.05) is 12.4 Å². The van der Waals surface area contributed by atoms with E-state index in [1.165, 1.54) is 6.07 Å². The number of rotatable bonds is 4. The molecule has 1 fully saturated rings. The molecule has 1 aliphatic rings. The van der Waals surface area contributed by atoms with Crippen LogP contribution in [0.15, 0.2) is 30.6 Å². The first-order chi connectivity index (χ1) is 11.4. The number of hydrogen-bond donors (Lipinski definition) is 1. The van der Waals surface area contributed by atoms with Crippen molar-refractivity contribution in [2.24, 2.45) is 0 Å². The number of carbonyl (C=O) groups excluding carboxylic acids is 1. The fourth-order valence-corrected chi connectivity index (χ4v) is 2.60. The summed E-state index contributed by atoms with van der Waals surface area (Å²) in [6.07, 6.45) is 1.37. The molecule has 2 aromatic rings. The summed E-state index contributed by atoms with van der Waals surface area (Å²) in [7, 11) is 0. The molecule has 1 aliphatic carbocycles. The number of nitrogens with one attached hydrogen (secondary N) is 1. The first-order valence-corrected chi connectivity index (χ1v) is 7.74. The first kappa shape index (κ1) is 16.5. The Bertz CT molecular complexity index is 720. The van der Waals surface area contributed by atoms with Crippen LogP contribution >= 0.6 is 0 Å². The highest BCUT2D eigenvalue weighted by atomic mass is 19.4. The highest BCUT2D eigenvalue weighted by Gasteiger charge is 2.32. The fourth-order valence-electron chi connectivity index (χ4n) is 2.60. The molecule has 2 heterocycles. The molecular weight excluding hydrogens is 321 g/mol. The Morgan fingerprint density at radius 3 is 2.62 bits per heavy atom. The number of halogens is 3. The third-order valence-electron chi connectivity index (χ3n) is 4.25. The lowest BCUT2D eigenvalue weighted by molar-refractivity contribution is -0.141. The van der Waals surface area contributed by atoms with Crippen molar-refractivity contribution in [3.05, 3.63) is 47.5 Å². The Morgan fingerprint density at radius 2 is 2.08 bits per heavy atom. The van der Waals surface area contributed by atoms with Gasteiger partial charge in [-0.3, -0.25) is 14.5 Å². The number of carbonyl (C=O) groups is 1. The molecule has 24 heavy (non-hydrogen) atoms. The average molecular weight is 338 g/mol. The van der Waals surface area contributed by atoms with Gasteiger partial charge in [-0.15, -0.1) is 0 Å². The number of aromatic nitrogens is 3. The molecule has 3 rings (SSSR count). The number of hydrogen-bond acceptors (Lipinski definition) is 3. The molecule has 0 unspecified atom stereocenters. The minimum absolute atomic E-state index is 0.254. The summed E-state index contributed by atoms with van der Waals surface area (Å²) < 4.78 is 39.3. The normalized spacial score (nSPS) is 16.5. The Morgan fingerprint density at radius 1 is 1.33 bits per heavy atom. The van der Waals surface area contributed by atoms with Crippen LogP contribution in [0.5, 0.6) is 0 Å². The third-order valence-corrected chi connectivity index (χ3v) is 4.25. The Hall–Kier alpha value is -2.38. The standard InChI is InChI=1S/C16H17F3N4O/c1-10(11-5-6-14(20-9-11)16(17,18)19)22-15(24)13-7-8-21-23(13)12-3-2-4-12/h5-10,12H,2-4H2,1H3,(H,22,24)/t10-/m1/s1. The highest BCUT2D eigenvalue weighted by Crippen LogP contribution is 2.32. The Kier molecular flexibility index (Phi) is 4.29. The van der Waals surface area contributed by atoms with Gasteiger partial charge in [0.1, 0.15) is 11.4 Å². The van der Waals surface area contributed by atoms with Gasteiger partial charge in [0.2, 0.25) is 0 Å². The van der Waals surface area contributed by atoms with Crippen LogP contribution < -0.4 is 5.32 Å². The Labute approximate surface area is 136 Å². The van der Waals surface area contributed by atoms with Crippen LogP contribution in [0, 0.1) is 0 Å². The van der Waals surface area contributed by atoms with E-state index in [1.807, 2.05) is 0 Å². The van der Waals surface area contributed by atoms with Crippen LogP contribution in [-0.2, 0) is 6.18 Å². The van der Waals surface area contributed by atoms with E-state index in [1.54, 1.807) is 23.9 Å². The van der Waals surface area contributed by atoms with Crippen molar-refractivity contribution in [3.8, 4) is 0 Å². The van der Waals surface area contributed by atoms with Crippen molar-refractivity contribution in [2.75, 3.05) is 0 Å². The van der Waals surface area contributed by atoms with E-state index in [0.717, 1.165) is 31.5 Å². The molecule has 2 aromatic heterocycles. The van der Waals surface area contributed by atoms with Gasteiger partial charge in [0.05, 0.1) is 12.1 Å². The van der Waals surface area contributed by atoms with Crippen LogP contribution in [0.4, 0.5) is 13.2 Å². The van der Waals surface area contributed by atoms with Gasteiger partial charge < -0.3 is 5.32 Å².